The van der Waals surface area contributed by atoms with Crippen LogP contribution in [0.5, 0.6) is 0 Å². The Bertz CT molecular complexity index is 390. The lowest BCUT2D eigenvalue weighted by Crippen LogP contribution is -2.31. The second-order valence-electron chi connectivity index (χ2n) is 8.14. The lowest BCUT2D eigenvalue weighted by molar-refractivity contribution is -0.120. The zero-order valence-electron chi connectivity index (χ0n) is 17.2. The van der Waals surface area contributed by atoms with E-state index in [9.17, 15) is 9.59 Å². The van der Waals surface area contributed by atoms with Crippen LogP contribution in [0.2, 0.25) is 0 Å². The smallest absolute Gasteiger partial charge is 0.220 e. The van der Waals surface area contributed by atoms with Gasteiger partial charge in [-0.15, -0.1) is 0 Å². The molecule has 7 heteroatoms. The summed E-state index contributed by atoms with van der Waals surface area (Å²) in [5.41, 5.74) is -0.0276. The lowest BCUT2D eigenvalue weighted by Gasteiger charge is -2.29. The van der Waals surface area contributed by atoms with Crippen molar-refractivity contribution in [3.05, 3.63) is 0 Å². The molecular formula is C19H38N2O4S. The number of rotatable bonds is 17. The van der Waals surface area contributed by atoms with Crippen LogP contribution in [0.3, 0.4) is 0 Å². The fourth-order valence-electron chi connectivity index (χ4n) is 2.22. The van der Waals surface area contributed by atoms with E-state index in [1.807, 2.05) is 6.26 Å². The molecule has 0 rings (SSSR count). The predicted octanol–water partition coefficient (Wildman–Crippen LogP) is 2.47. The van der Waals surface area contributed by atoms with Crippen molar-refractivity contribution >= 4 is 24.1 Å². The van der Waals surface area contributed by atoms with E-state index >= 15 is 0 Å². The Morgan fingerprint density at radius 3 is 2.35 bits per heavy atom. The fourth-order valence-corrected chi connectivity index (χ4v) is 2.61. The van der Waals surface area contributed by atoms with Gasteiger partial charge in [0.25, 0.3) is 0 Å². The Morgan fingerprint density at radius 2 is 1.69 bits per heavy atom. The van der Waals surface area contributed by atoms with Crippen LogP contribution in [0.4, 0.5) is 0 Å². The van der Waals surface area contributed by atoms with Crippen LogP contribution in [0.1, 0.15) is 47.0 Å². The zero-order valence-corrected chi connectivity index (χ0v) is 18.0. The van der Waals surface area contributed by atoms with Gasteiger partial charge in [0.15, 0.2) is 0 Å². The van der Waals surface area contributed by atoms with Crippen LogP contribution in [0.25, 0.3) is 0 Å². The van der Waals surface area contributed by atoms with E-state index in [0.717, 1.165) is 25.0 Å². The fraction of sp³-hybridized carbons (Fsp3) is 0.895. The average molecular weight is 391 g/mol. The first-order valence-electron chi connectivity index (χ1n) is 9.30. The Morgan fingerprint density at radius 1 is 1.04 bits per heavy atom. The van der Waals surface area contributed by atoms with Gasteiger partial charge in [-0.05, 0) is 24.5 Å². The van der Waals surface area contributed by atoms with Crippen LogP contribution in [-0.4, -0.2) is 63.8 Å². The first-order chi connectivity index (χ1) is 12.2. The molecule has 0 radical (unpaired) electrons. The number of carbonyl (C=O) groups excluding carboxylic acids is 2. The van der Waals surface area contributed by atoms with Gasteiger partial charge in [0.05, 0.1) is 19.8 Å². The lowest BCUT2D eigenvalue weighted by atomic mass is 9.90. The van der Waals surface area contributed by atoms with Gasteiger partial charge in [0.1, 0.15) is 0 Å². The molecule has 26 heavy (non-hydrogen) atoms. The maximum absolute atomic E-state index is 11.5. The number of hydrogen-bond donors (Lipinski definition) is 2. The summed E-state index contributed by atoms with van der Waals surface area (Å²) in [6.45, 7) is 12.4. The summed E-state index contributed by atoms with van der Waals surface area (Å²) >= 11 is 1.68. The molecule has 0 saturated heterocycles. The molecule has 0 aromatic rings. The summed E-state index contributed by atoms with van der Waals surface area (Å²) in [5, 5.41) is 5.59. The third-order valence-corrected chi connectivity index (χ3v) is 4.44. The van der Waals surface area contributed by atoms with Crippen LogP contribution in [0.15, 0.2) is 0 Å². The van der Waals surface area contributed by atoms with Gasteiger partial charge in [0, 0.05) is 37.3 Å². The maximum Gasteiger partial charge on any atom is 0.220 e. The highest BCUT2D eigenvalue weighted by atomic mass is 32.2. The number of carbonyl (C=O) groups is 2. The van der Waals surface area contributed by atoms with Crippen molar-refractivity contribution in [3.8, 4) is 0 Å². The molecule has 0 aliphatic heterocycles. The molecule has 0 spiro atoms. The standard InChI is InChI=1S/C19H38N2O4S/c1-18(2,8-10-20-16-22)13-25-15-19(3,4)14-24-11-6-9-21-17(23)7-12-26-5/h16H,6-15H2,1-5H3,(H,20,22)(H,21,23). The Hall–Kier alpha value is -0.790. The van der Waals surface area contributed by atoms with Gasteiger partial charge in [-0.25, -0.2) is 0 Å². The number of nitrogens with one attached hydrogen (secondary N) is 2. The van der Waals surface area contributed by atoms with E-state index in [0.29, 0.717) is 45.9 Å². The van der Waals surface area contributed by atoms with Crippen molar-refractivity contribution in [1.82, 2.24) is 10.6 Å². The second-order valence-corrected chi connectivity index (χ2v) is 9.13. The first kappa shape index (κ1) is 25.2. The van der Waals surface area contributed by atoms with E-state index < -0.39 is 0 Å². The average Bonchev–Trinajstić information content (AvgIpc) is 2.55. The largest absolute Gasteiger partial charge is 0.381 e. The van der Waals surface area contributed by atoms with Gasteiger partial charge in [0.2, 0.25) is 12.3 Å². The Kier molecular flexibility index (Phi) is 13.9. The molecule has 0 saturated carbocycles. The van der Waals surface area contributed by atoms with E-state index in [2.05, 4.69) is 38.3 Å². The Labute approximate surface area is 163 Å². The van der Waals surface area contributed by atoms with E-state index in [1.165, 1.54) is 0 Å². The molecule has 0 aliphatic rings. The van der Waals surface area contributed by atoms with Gasteiger partial charge in [-0.1, -0.05) is 27.7 Å². The molecule has 6 nitrogen and oxygen atoms in total. The predicted molar refractivity (Wildman–Crippen MR) is 109 cm³/mol. The van der Waals surface area contributed by atoms with Crippen LogP contribution >= 0.6 is 11.8 Å². The quantitative estimate of drug-likeness (QED) is 0.295. The molecule has 0 fully saturated rings. The summed E-state index contributed by atoms with van der Waals surface area (Å²) in [6, 6.07) is 0. The molecule has 0 aromatic carbocycles. The van der Waals surface area contributed by atoms with Crippen molar-refractivity contribution in [1.29, 1.82) is 0 Å². The van der Waals surface area contributed by atoms with Gasteiger partial charge >= 0.3 is 0 Å². The van der Waals surface area contributed by atoms with Crippen LogP contribution in [-0.2, 0) is 19.1 Å². The minimum Gasteiger partial charge on any atom is -0.381 e. The maximum atomic E-state index is 11.5. The van der Waals surface area contributed by atoms with Gasteiger partial charge < -0.3 is 20.1 Å². The molecule has 0 aliphatic carbocycles. The number of thioether (sulfide) groups is 1. The second kappa shape index (κ2) is 14.3. The van der Waals surface area contributed by atoms with Crippen LogP contribution in [0, 0.1) is 10.8 Å². The molecule has 0 atom stereocenters. The van der Waals surface area contributed by atoms with Crippen molar-refractivity contribution in [3.63, 3.8) is 0 Å². The summed E-state index contributed by atoms with van der Waals surface area (Å²) in [6.07, 6.45) is 5.00. The van der Waals surface area contributed by atoms with Crippen LogP contribution < -0.4 is 10.6 Å². The monoisotopic (exact) mass is 390 g/mol. The molecule has 2 N–H and O–H groups in total. The normalized spacial score (nSPS) is 12.0. The molecular weight excluding hydrogens is 352 g/mol. The summed E-state index contributed by atoms with van der Waals surface area (Å²) < 4.78 is 11.6. The number of hydrogen-bond acceptors (Lipinski definition) is 5. The van der Waals surface area contributed by atoms with E-state index in [4.69, 9.17) is 9.47 Å². The summed E-state index contributed by atoms with van der Waals surface area (Å²) in [7, 11) is 0. The number of amides is 2. The molecule has 0 unspecified atom stereocenters. The minimum absolute atomic E-state index is 0.0292. The molecule has 0 bridgehead atoms. The van der Waals surface area contributed by atoms with E-state index in [-0.39, 0.29) is 16.7 Å². The third kappa shape index (κ3) is 15.5. The highest BCUT2D eigenvalue weighted by Gasteiger charge is 2.22. The number of ether oxygens (including phenoxy) is 2. The van der Waals surface area contributed by atoms with Crippen molar-refractivity contribution in [2.24, 2.45) is 10.8 Å². The van der Waals surface area contributed by atoms with Crippen molar-refractivity contribution < 1.29 is 19.1 Å². The summed E-state index contributed by atoms with van der Waals surface area (Å²) in [4.78, 5) is 21.8. The molecule has 0 heterocycles. The Balaban J connectivity index is 3.74. The topological polar surface area (TPSA) is 76.7 Å². The molecule has 2 amide bonds. The van der Waals surface area contributed by atoms with Gasteiger partial charge in [-0.3, -0.25) is 9.59 Å². The van der Waals surface area contributed by atoms with Crippen molar-refractivity contribution in [2.75, 3.05) is 51.5 Å². The minimum atomic E-state index is -0.0568. The van der Waals surface area contributed by atoms with Gasteiger partial charge in [-0.2, -0.15) is 11.8 Å². The highest BCUT2D eigenvalue weighted by molar-refractivity contribution is 7.98. The molecule has 0 aromatic heterocycles. The zero-order chi connectivity index (χ0) is 19.9. The molecule has 154 valence electrons. The SMILES string of the molecule is CSCCC(=O)NCCCOCC(C)(C)COCC(C)(C)CCNC=O. The van der Waals surface area contributed by atoms with E-state index in [1.54, 1.807) is 11.8 Å². The third-order valence-electron chi connectivity index (χ3n) is 3.83. The highest BCUT2D eigenvalue weighted by Crippen LogP contribution is 2.22. The summed E-state index contributed by atoms with van der Waals surface area (Å²) in [5.74, 6) is 0.972. The first-order valence-corrected chi connectivity index (χ1v) is 10.7. The van der Waals surface area contributed by atoms with Crippen molar-refractivity contribution in [2.45, 2.75) is 47.0 Å².